The summed E-state index contributed by atoms with van der Waals surface area (Å²) in [5.74, 6) is 0.551. The van der Waals surface area contributed by atoms with Gasteiger partial charge in [-0.05, 0) is 11.6 Å². The van der Waals surface area contributed by atoms with Crippen molar-refractivity contribution in [3.63, 3.8) is 0 Å². The summed E-state index contributed by atoms with van der Waals surface area (Å²) < 4.78 is 0. The zero-order valence-electron chi connectivity index (χ0n) is 7.79. The van der Waals surface area contributed by atoms with Crippen molar-refractivity contribution >= 4 is 30.7 Å². The summed E-state index contributed by atoms with van der Waals surface area (Å²) in [6, 6.07) is 4.16. The number of hydrogen-bond acceptors (Lipinski definition) is 4. The maximum absolute atomic E-state index is 10.7. The lowest BCUT2D eigenvalue weighted by Crippen LogP contribution is -1.92. The van der Waals surface area contributed by atoms with Gasteiger partial charge in [-0.25, -0.2) is 0 Å². The van der Waals surface area contributed by atoms with Gasteiger partial charge in [0.15, 0.2) is 6.29 Å². The molecule has 0 radical (unpaired) electrons. The Labute approximate surface area is 92.2 Å². The SMILES string of the molecule is O=Cc1cc([N+](=O)[O-])ccc1C=CCS. The van der Waals surface area contributed by atoms with Crippen LogP contribution in [0.4, 0.5) is 5.69 Å². The highest BCUT2D eigenvalue weighted by molar-refractivity contribution is 7.80. The molecule has 0 aliphatic rings. The van der Waals surface area contributed by atoms with E-state index in [0.717, 1.165) is 0 Å². The van der Waals surface area contributed by atoms with E-state index in [-0.39, 0.29) is 5.69 Å². The molecule has 0 aliphatic carbocycles. The first kappa shape index (κ1) is 11.5. The fraction of sp³-hybridized carbons (Fsp3) is 0.100. The van der Waals surface area contributed by atoms with E-state index >= 15 is 0 Å². The van der Waals surface area contributed by atoms with Crippen LogP contribution in [0.25, 0.3) is 6.08 Å². The van der Waals surface area contributed by atoms with E-state index in [1.54, 1.807) is 18.2 Å². The molecule has 0 amide bonds. The quantitative estimate of drug-likeness (QED) is 0.369. The highest BCUT2D eigenvalue weighted by atomic mass is 32.1. The molecule has 78 valence electrons. The van der Waals surface area contributed by atoms with Crippen LogP contribution in [0, 0.1) is 10.1 Å². The lowest BCUT2D eigenvalue weighted by atomic mass is 10.1. The molecule has 0 aliphatic heterocycles. The minimum atomic E-state index is -0.529. The predicted molar refractivity (Wildman–Crippen MR) is 61.4 cm³/mol. The average molecular weight is 223 g/mol. The molecule has 0 aromatic heterocycles. The number of carbonyl (C=O) groups is 1. The van der Waals surface area contributed by atoms with Gasteiger partial charge in [-0.15, -0.1) is 0 Å². The van der Waals surface area contributed by atoms with Crippen molar-refractivity contribution in [2.75, 3.05) is 5.75 Å². The Morgan fingerprint density at radius 2 is 2.13 bits per heavy atom. The third-order valence-electron chi connectivity index (χ3n) is 1.81. The second-order valence-corrected chi connectivity index (χ2v) is 3.14. The van der Waals surface area contributed by atoms with Crippen LogP contribution >= 0.6 is 12.6 Å². The van der Waals surface area contributed by atoms with Gasteiger partial charge in [0, 0.05) is 23.4 Å². The van der Waals surface area contributed by atoms with E-state index in [2.05, 4.69) is 12.6 Å². The highest BCUT2D eigenvalue weighted by Gasteiger charge is 2.08. The van der Waals surface area contributed by atoms with E-state index in [0.29, 0.717) is 23.2 Å². The second-order valence-electron chi connectivity index (χ2n) is 2.77. The fourth-order valence-electron chi connectivity index (χ4n) is 1.11. The Bertz CT molecular complexity index is 415. The van der Waals surface area contributed by atoms with Crippen molar-refractivity contribution in [2.45, 2.75) is 0 Å². The molecule has 0 unspecified atom stereocenters. The van der Waals surface area contributed by atoms with E-state index in [9.17, 15) is 14.9 Å². The molecule has 5 heteroatoms. The Balaban J connectivity index is 3.14. The first-order valence-corrected chi connectivity index (χ1v) is 4.83. The maximum atomic E-state index is 10.7. The molecule has 4 nitrogen and oxygen atoms in total. The van der Waals surface area contributed by atoms with Gasteiger partial charge in [0.25, 0.3) is 5.69 Å². The molecule has 0 N–H and O–H groups in total. The number of rotatable bonds is 4. The largest absolute Gasteiger partial charge is 0.298 e. The van der Waals surface area contributed by atoms with Gasteiger partial charge in [0.2, 0.25) is 0 Å². The summed E-state index contributed by atoms with van der Waals surface area (Å²) >= 11 is 3.98. The van der Waals surface area contributed by atoms with Crippen LogP contribution in [0.3, 0.4) is 0 Å². The maximum Gasteiger partial charge on any atom is 0.270 e. The third-order valence-corrected chi connectivity index (χ3v) is 2.02. The van der Waals surface area contributed by atoms with Crippen molar-refractivity contribution in [1.82, 2.24) is 0 Å². The molecule has 0 fully saturated rings. The van der Waals surface area contributed by atoms with Gasteiger partial charge < -0.3 is 0 Å². The standard InChI is InChI=1S/C10H9NO3S/c12-7-9-6-10(11(13)14)4-3-8(9)2-1-5-15/h1-4,6-7,15H,5H2. The van der Waals surface area contributed by atoms with Gasteiger partial charge in [-0.1, -0.05) is 12.2 Å². The number of benzene rings is 1. The number of nitro groups is 1. The Hall–Kier alpha value is -1.62. The average Bonchev–Trinajstić information content (AvgIpc) is 2.25. The molecule has 1 aromatic carbocycles. The minimum absolute atomic E-state index is 0.0832. The number of carbonyl (C=O) groups excluding carboxylic acids is 1. The van der Waals surface area contributed by atoms with Crippen LogP contribution in [0.15, 0.2) is 24.3 Å². The van der Waals surface area contributed by atoms with Crippen molar-refractivity contribution in [3.8, 4) is 0 Å². The van der Waals surface area contributed by atoms with Gasteiger partial charge in [0.05, 0.1) is 4.92 Å². The summed E-state index contributed by atoms with van der Waals surface area (Å²) in [4.78, 5) is 20.6. The zero-order chi connectivity index (χ0) is 11.3. The van der Waals surface area contributed by atoms with Crippen LogP contribution < -0.4 is 0 Å². The van der Waals surface area contributed by atoms with E-state index < -0.39 is 4.92 Å². The van der Waals surface area contributed by atoms with Gasteiger partial charge in [-0.2, -0.15) is 12.6 Å². The number of nitro benzene ring substituents is 1. The molecule has 15 heavy (non-hydrogen) atoms. The monoisotopic (exact) mass is 223 g/mol. The molecule has 0 bridgehead atoms. The van der Waals surface area contributed by atoms with Gasteiger partial charge >= 0.3 is 0 Å². The second kappa shape index (κ2) is 5.31. The third kappa shape index (κ3) is 2.92. The lowest BCUT2D eigenvalue weighted by Gasteiger charge is -1.98. The van der Waals surface area contributed by atoms with Crippen molar-refractivity contribution in [3.05, 3.63) is 45.5 Å². The smallest absolute Gasteiger partial charge is 0.270 e. The molecule has 0 atom stereocenters. The Morgan fingerprint density at radius 1 is 1.40 bits per heavy atom. The molecular weight excluding hydrogens is 214 g/mol. The van der Waals surface area contributed by atoms with Crippen LogP contribution in [0.1, 0.15) is 15.9 Å². The highest BCUT2D eigenvalue weighted by Crippen LogP contribution is 2.17. The molecule has 0 saturated carbocycles. The van der Waals surface area contributed by atoms with E-state index in [1.165, 1.54) is 12.1 Å². The number of hydrogen-bond donors (Lipinski definition) is 1. The van der Waals surface area contributed by atoms with Crippen molar-refractivity contribution < 1.29 is 9.72 Å². The van der Waals surface area contributed by atoms with Crippen molar-refractivity contribution in [2.24, 2.45) is 0 Å². The molecule has 1 rings (SSSR count). The van der Waals surface area contributed by atoms with Crippen molar-refractivity contribution in [1.29, 1.82) is 0 Å². The molecular formula is C10H9NO3S. The normalized spacial score (nSPS) is 10.5. The van der Waals surface area contributed by atoms with Gasteiger partial charge in [0.1, 0.15) is 0 Å². The Morgan fingerprint density at radius 3 is 2.67 bits per heavy atom. The predicted octanol–water partition coefficient (Wildman–Crippen LogP) is 2.35. The number of nitrogens with zero attached hydrogens (tertiary/aromatic N) is 1. The number of non-ortho nitro benzene ring substituents is 1. The van der Waals surface area contributed by atoms with Gasteiger partial charge in [-0.3, -0.25) is 14.9 Å². The zero-order valence-corrected chi connectivity index (χ0v) is 8.68. The summed E-state index contributed by atoms with van der Waals surface area (Å²) in [5, 5.41) is 10.5. The summed E-state index contributed by atoms with van der Waals surface area (Å²) in [5.41, 5.74) is 0.881. The molecule has 1 aromatic rings. The first-order chi connectivity index (χ1) is 7.19. The number of aldehydes is 1. The molecule has 0 spiro atoms. The fourth-order valence-corrected chi connectivity index (χ4v) is 1.21. The topological polar surface area (TPSA) is 60.2 Å². The summed E-state index contributed by atoms with van der Waals surface area (Å²) in [6.45, 7) is 0. The minimum Gasteiger partial charge on any atom is -0.298 e. The molecule has 0 heterocycles. The van der Waals surface area contributed by atoms with Crippen LogP contribution in [0.2, 0.25) is 0 Å². The van der Waals surface area contributed by atoms with Crippen LogP contribution in [-0.4, -0.2) is 17.0 Å². The summed E-state index contributed by atoms with van der Waals surface area (Å²) in [7, 11) is 0. The van der Waals surface area contributed by atoms with Crippen LogP contribution in [-0.2, 0) is 0 Å². The first-order valence-electron chi connectivity index (χ1n) is 4.20. The lowest BCUT2D eigenvalue weighted by molar-refractivity contribution is -0.384. The van der Waals surface area contributed by atoms with E-state index in [4.69, 9.17) is 0 Å². The molecule has 0 saturated heterocycles. The summed E-state index contributed by atoms with van der Waals surface area (Å²) in [6.07, 6.45) is 4.07. The Kier molecular flexibility index (Phi) is 4.05. The van der Waals surface area contributed by atoms with Crippen LogP contribution in [0.5, 0.6) is 0 Å². The number of thiol groups is 1. The van der Waals surface area contributed by atoms with E-state index in [1.807, 2.05) is 0 Å².